The highest BCUT2D eigenvalue weighted by atomic mass is 16.4. The van der Waals surface area contributed by atoms with E-state index in [0.29, 0.717) is 12.0 Å². The molecule has 188 valence electrons. The van der Waals surface area contributed by atoms with Gasteiger partial charge in [-0.2, -0.15) is 0 Å². The molecule has 3 atom stereocenters. The van der Waals surface area contributed by atoms with Crippen LogP contribution in [0.5, 0.6) is 5.75 Å². The van der Waals surface area contributed by atoms with E-state index in [1.54, 1.807) is 12.1 Å². The molecule has 3 unspecified atom stereocenters. The maximum Gasteiger partial charge on any atom is 0.322 e. The fraction of sp³-hybridized carbons (Fsp3) is 0.450. The summed E-state index contributed by atoms with van der Waals surface area (Å²) in [5.41, 5.74) is 17.2. The van der Waals surface area contributed by atoms with Gasteiger partial charge in [-0.1, -0.05) is 12.1 Å². The van der Waals surface area contributed by atoms with E-state index in [2.05, 4.69) is 15.6 Å². The zero-order valence-electron chi connectivity index (χ0n) is 18.4. The molecule has 1 aromatic carbocycles. The number of guanidine groups is 1. The van der Waals surface area contributed by atoms with Crippen molar-refractivity contribution in [1.82, 2.24) is 16.0 Å². The standard InChI is InChI=1S/C20H31N7O7/c21-13(8-11-3-5-12(29)6-4-11)17(32)26-14(2-1-7-24-20(22)23)19(34)27-15(10-28)18(33)25-9-16(30)31/h3-6,13-15,28-29H,1-2,7-10,21H2,(H,25,33)(H,26,32)(H,27,34)(H,30,31)(H4,22,23,24). The number of aromatic hydroxyl groups is 1. The summed E-state index contributed by atoms with van der Waals surface area (Å²) in [6.45, 7) is -1.33. The second kappa shape index (κ2) is 14.3. The van der Waals surface area contributed by atoms with E-state index in [9.17, 15) is 29.4 Å². The number of amides is 3. The third kappa shape index (κ3) is 10.6. The molecule has 0 aliphatic rings. The average molecular weight is 482 g/mol. The van der Waals surface area contributed by atoms with E-state index in [1.165, 1.54) is 12.1 Å². The SMILES string of the molecule is NC(N)=NCCCC(NC(=O)C(N)Cc1ccc(O)cc1)C(=O)NC(CO)C(=O)NCC(=O)O. The molecule has 0 aliphatic carbocycles. The molecule has 0 bridgehead atoms. The highest BCUT2D eigenvalue weighted by molar-refractivity contribution is 5.93. The molecule has 1 rings (SSSR count). The molecule has 0 fully saturated rings. The molecule has 0 saturated carbocycles. The minimum Gasteiger partial charge on any atom is -0.508 e. The van der Waals surface area contributed by atoms with Gasteiger partial charge in [-0.3, -0.25) is 24.2 Å². The Kier molecular flexibility index (Phi) is 11.8. The number of nitrogens with zero attached hydrogens (tertiary/aromatic N) is 1. The van der Waals surface area contributed by atoms with Gasteiger partial charge in [0.1, 0.15) is 24.4 Å². The van der Waals surface area contributed by atoms with Gasteiger partial charge in [0.15, 0.2) is 5.96 Å². The number of nitrogens with two attached hydrogens (primary N) is 3. The number of carboxylic acid groups (broad SMARTS) is 1. The number of nitrogens with one attached hydrogen (secondary N) is 3. The smallest absolute Gasteiger partial charge is 0.322 e. The average Bonchev–Trinajstić information content (AvgIpc) is 2.78. The van der Waals surface area contributed by atoms with Crippen LogP contribution >= 0.6 is 0 Å². The number of phenolic OH excluding ortho intramolecular Hbond substituents is 1. The summed E-state index contributed by atoms with van der Waals surface area (Å²) in [4.78, 5) is 51.8. The van der Waals surface area contributed by atoms with Crippen molar-refractivity contribution < 1.29 is 34.5 Å². The number of rotatable bonds is 14. The fourth-order valence-corrected chi connectivity index (χ4v) is 2.78. The van der Waals surface area contributed by atoms with Gasteiger partial charge in [-0.25, -0.2) is 0 Å². The maximum atomic E-state index is 12.8. The fourth-order valence-electron chi connectivity index (χ4n) is 2.78. The molecule has 34 heavy (non-hydrogen) atoms. The molecule has 3 amide bonds. The molecule has 0 radical (unpaired) electrons. The zero-order chi connectivity index (χ0) is 25.7. The lowest BCUT2D eigenvalue weighted by atomic mass is 10.0. The molecular weight excluding hydrogens is 450 g/mol. The number of hydrogen-bond acceptors (Lipinski definition) is 8. The van der Waals surface area contributed by atoms with Crippen molar-refractivity contribution in [3.63, 3.8) is 0 Å². The highest BCUT2D eigenvalue weighted by Crippen LogP contribution is 2.11. The Morgan fingerprint density at radius 1 is 0.971 bits per heavy atom. The van der Waals surface area contributed by atoms with Crippen molar-refractivity contribution >= 4 is 29.7 Å². The first kappa shape index (κ1) is 28.1. The number of aliphatic carboxylic acids is 1. The molecule has 0 aliphatic heterocycles. The minimum absolute atomic E-state index is 0.0603. The van der Waals surface area contributed by atoms with Gasteiger partial charge >= 0.3 is 5.97 Å². The molecule has 14 nitrogen and oxygen atoms in total. The number of aliphatic imine (C=N–C) groups is 1. The van der Waals surface area contributed by atoms with E-state index < -0.39 is 55.0 Å². The molecule has 12 N–H and O–H groups in total. The number of aliphatic hydroxyl groups excluding tert-OH is 1. The van der Waals surface area contributed by atoms with Crippen molar-refractivity contribution in [2.75, 3.05) is 19.7 Å². The van der Waals surface area contributed by atoms with Gasteiger partial charge in [-0.15, -0.1) is 0 Å². The molecule has 0 aromatic heterocycles. The summed E-state index contributed by atoms with van der Waals surface area (Å²) >= 11 is 0. The second-order valence-electron chi connectivity index (χ2n) is 7.34. The summed E-state index contributed by atoms with van der Waals surface area (Å²) < 4.78 is 0. The number of aliphatic hydroxyl groups is 1. The van der Waals surface area contributed by atoms with Crippen LogP contribution in [0, 0.1) is 0 Å². The third-order valence-electron chi connectivity index (χ3n) is 4.54. The van der Waals surface area contributed by atoms with Crippen LogP contribution in [0.15, 0.2) is 29.3 Å². The van der Waals surface area contributed by atoms with Crippen molar-refractivity contribution in [1.29, 1.82) is 0 Å². The largest absolute Gasteiger partial charge is 0.508 e. The minimum atomic E-state index is -1.44. The lowest BCUT2D eigenvalue weighted by molar-refractivity contribution is -0.139. The number of phenols is 1. The van der Waals surface area contributed by atoms with Crippen LogP contribution in [0.3, 0.4) is 0 Å². The first-order valence-corrected chi connectivity index (χ1v) is 10.3. The van der Waals surface area contributed by atoms with E-state index in [-0.39, 0.29) is 31.1 Å². The number of benzene rings is 1. The molecule has 1 aromatic rings. The molecule has 14 heteroatoms. The van der Waals surface area contributed by atoms with Crippen LogP contribution in [0.4, 0.5) is 0 Å². The lowest BCUT2D eigenvalue weighted by Gasteiger charge is -2.23. The normalized spacial score (nSPS) is 13.1. The van der Waals surface area contributed by atoms with Gasteiger partial charge in [0.05, 0.1) is 12.6 Å². The number of carbonyl (C=O) groups is 4. The van der Waals surface area contributed by atoms with Gasteiger partial charge in [0, 0.05) is 6.54 Å². The maximum absolute atomic E-state index is 12.8. The Morgan fingerprint density at radius 2 is 1.59 bits per heavy atom. The number of hydrogen-bond donors (Lipinski definition) is 9. The zero-order valence-corrected chi connectivity index (χ0v) is 18.4. The molecule has 0 saturated heterocycles. The second-order valence-corrected chi connectivity index (χ2v) is 7.34. The van der Waals surface area contributed by atoms with Crippen LogP contribution in [-0.4, -0.2) is 82.8 Å². The lowest BCUT2D eigenvalue weighted by Crippen LogP contribution is -2.57. The Labute approximate surface area is 195 Å². The van der Waals surface area contributed by atoms with Gasteiger partial charge in [0.25, 0.3) is 0 Å². The van der Waals surface area contributed by atoms with Crippen molar-refractivity contribution in [2.24, 2.45) is 22.2 Å². The quantitative estimate of drug-likeness (QED) is 0.0718. The predicted octanol–water partition coefficient (Wildman–Crippen LogP) is -3.52. The summed E-state index contributed by atoms with van der Waals surface area (Å²) in [6.07, 6.45) is 0.499. The number of carboxylic acids is 1. The van der Waals surface area contributed by atoms with Gasteiger partial charge in [0.2, 0.25) is 17.7 Å². The van der Waals surface area contributed by atoms with Crippen LogP contribution < -0.4 is 33.2 Å². The van der Waals surface area contributed by atoms with Gasteiger partial charge in [-0.05, 0) is 37.0 Å². The summed E-state index contributed by atoms with van der Waals surface area (Å²) in [7, 11) is 0. The Morgan fingerprint density at radius 3 is 2.15 bits per heavy atom. The molecule has 0 spiro atoms. The third-order valence-corrected chi connectivity index (χ3v) is 4.54. The van der Waals surface area contributed by atoms with Crippen LogP contribution in [-0.2, 0) is 25.6 Å². The Balaban J connectivity index is 2.84. The summed E-state index contributed by atoms with van der Waals surface area (Å²) in [6, 6.07) is 2.50. The molecule has 0 heterocycles. The van der Waals surface area contributed by atoms with Crippen LogP contribution in [0.25, 0.3) is 0 Å². The van der Waals surface area contributed by atoms with Crippen LogP contribution in [0.2, 0.25) is 0 Å². The molecular formula is C20H31N7O7. The van der Waals surface area contributed by atoms with Crippen LogP contribution in [0.1, 0.15) is 18.4 Å². The van der Waals surface area contributed by atoms with Crippen molar-refractivity contribution in [2.45, 2.75) is 37.4 Å². The van der Waals surface area contributed by atoms with Crippen molar-refractivity contribution in [3.05, 3.63) is 29.8 Å². The highest BCUT2D eigenvalue weighted by Gasteiger charge is 2.28. The van der Waals surface area contributed by atoms with Crippen molar-refractivity contribution in [3.8, 4) is 5.75 Å². The summed E-state index contributed by atoms with van der Waals surface area (Å²) in [5, 5.41) is 34.3. The predicted molar refractivity (Wildman–Crippen MR) is 121 cm³/mol. The van der Waals surface area contributed by atoms with Gasteiger partial charge < -0.3 is 48.5 Å². The first-order chi connectivity index (χ1) is 16.0. The topological polar surface area (TPSA) is 255 Å². The first-order valence-electron chi connectivity index (χ1n) is 10.3. The van der Waals surface area contributed by atoms with E-state index in [0.717, 1.165) is 0 Å². The Hall–Kier alpha value is -3.91. The van der Waals surface area contributed by atoms with E-state index in [4.69, 9.17) is 22.3 Å². The van der Waals surface area contributed by atoms with E-state index in [1.807, 2.05) is 5.32 Å². The number of carbonyl (C=O) groups excluding carboxylic acids is 3. The van der Waals surface area contributed by atoms with E-state index >= 15 is 0 Å². The summed E-state index contributed by atoms with van der Waals surface area (Å²) in [5.74, 6) is -3.73. The monoisotopic (exact) mass is 481 g/mol. The Bertz CT molecular complexity index is 873.